The molecular formula is C21H24N4O2S. The minimum atomic E-state index is 0.541. The van der Waals surface area contributed by atoms with E-state index in [1.54, 1.807) is 20.5 Å². The molecule has 0 saturated heterocycles. The van der Waals surface area contributed by atoms with Crippen LogP contribution in [0.15, 0.2) is 54.9 Å². The standard InChI is InChI=1S/C21H24N4O2S/c1-26-19-10-11-20(27-2)16(12-19)13-23(17-8-9-17)15-25-21(28)24(14-22-25)18-6-4-3-5-7-18/h3-7,10-12,14,17H,8-9,13,15H2,1-2H3. The van der Waals surface area contributed by atoms with Crippen molar-refractivity contribution in [3.05, 3.63) is 65.2 Å². The third-order valence-corrected chi connectivity index (χ3v) is 5.42. The second kappa shape index (κ2) is 8.16. The zero-order valence-corrected chi connectivity index (χ0v) is 16.9. The number of methoxy groups -OCH3 is 2. The normalized spacial score (nSPS) is 13.7. The van der Waals surface area contributed by atoms with Gasteiger partial charge >= 0.3 is 0 Å². The second-order valence-corrected chi connectivity index (χ2v) is 7.28. The average Bonchev–Trinajstić information content (AvgIpc) is 3.52. The van der Waals surface area contributed by atoms with Gasteiger partial charge in [0.1, 0.15) is 17.8 Å². The molecule has 2 aromatic carbocycles. The molecule has 1 aliphatic carbocycles. The zero-order chi connectivity index (χ0) is 19.5. The van der Waals surface area contributed by atoms with Crippen LogP contribution in [0, 0.1) is 4.77 Å². The maximum atomic E-state index is 5.68. The summed E-state index contributed by atoms with van der Waals surface area (Å²) in [5, 5.41) is 4.54. The quantitative estimate of drug-likeness (QED) is 0.538. The molecule has 0 N–H and O–H groups in total. The highest BCUT2D eigenvalue weighted by molar-refractivity contribution is 7.71. The van der Waals surface area contributed by atoms with E-state index < -0.39 is 0 Å². The molecule has 0 aliphatic heterocycles. The highest BCUT2D eigenvalue weighted by Gasteiger charge is 2.30. The molecule has 0 atom stereocenters. The van der Waals surface area contributed by atoms with Crippen LogP contribution in [0.3, 0.4) is 0 Å². The summed E-state index contributed by atoms with van der Waals surface area (Å²) in [5.41, 5.74) is 2.12. The van der Waals surface area contributed by atoms with Gasteiger partial charge < -0.3 is 9.47 Å². The molecule has 6 nitrogen and oxygen atoms in total. The van der Waals surface area contributed by atoms with Crippen LogP contribution in [0.1, 0.15) is 18.4 Å². The van der Waals surface area contributed by atoms with Crippen LogP contribution in [0.25, 0.3) is 5.69 Å². The molecule has 1 fully saturated rings. The molecule has 0 bridgehead atoms. The first kappa shape index (κ1) is 18.7. The fraction of sp³-hybridized carbons (Fsp3) is 0.333. The van der Waals surface area contributed by atoms with E-state index >= 15 is 0 Å². The smallest absolute Gasteiger partial charge is 0.203 e. The van der Waals surface area contributed by atoms with Crippen LogP contribution in [0.5, 0.6) is 11.5 Å². The van der Waals surface area contributed by atoms with E-state index in [2.05, 4.69) is 10.00 Å². The first-order valence-electron chi connectivity index (χ1n) is 9.34. The fourth-order valence-corrected chi connectivity index (χ4v) is 3.59. The lowest BCUT2D eigenvalue weighted by molar-refractivity contribution is 0.184. The predicted octanol–water partition coefficient (Wildman–Crippen LogP) is 4.04. The second-order valence-electron chi connectivity index (χ2n) is 6.92. The van der Waals surface area contributed by atoms with Crippen LogP contribution in [-0.2, 0) is 13.2 Å². The van der Waals surface area contributed by atoms with E-state index in [0.717, 1.165) is 29.3 Å². The number of para-hydroxylation sites is 1. The van der Waals surface area contributed by atoms with Crippen molar-refractivity contribution >= 4 is 12.2 Å². The summed E-state index contributed by atoms with van der Waals surface area (Å²) in [5.74, 6) is 1.70. The zero-order valence-electron chi connectivity index (χ0n) is 16.1. The van der Waals surface area contributed by atoms with Crippen LogP contribution < -0.4 is 9.47 Å². The molecule has 4 rings (SSSR count). The van der Waals surface area contributed by atoms with Crippen molar-refractivity contribution in [1.82, 2.24) is 19.2 Å². The third-order valence-electron chi connectivity index (χ3n) is 5.01. The molecule has 0 amide bonds. The average molecular weight is 397 g/mol. The van der Waals surface area contributed by atoms with Gasteiger partial charge in [-0.25, -0.2) is 4.68 Å². The summed E-state index contributed by atoms with van der Waals surface area (Å²) in [6.45, 7) is 1.40. The van der Waals surface area contributed by atoms with Gasteiger partial charge in [0.05, 0.1) is 20.9 Å². The summed E-state index contributed by atoms with van der Waals surface area (Å²) >= 11 is 5.68. The van der Waals surface area contributed by atoms with Crippen molar-refractivity contribution in [3.63, 3.8) is 0 Å². The Morgan fingerprint density at radius 2 is 1.89 bits per heavy atom. The molecular weight excluding hydrogens is 372 g/mol. The molecule has 0 spiro atoms. The number of nitrogens with zero attached hydrogens (tertiary/aromatic N) is 4. The van der Waals surface area contributed by atoms with Gasteiger partial charge in [-0.3, -0.25) is 9.47 Å². The Morgan fingerprint density at radius 3 is 2.57 bits per heavy atom. The molecule has 1 heterocycles. The largest absolute Gasteiger partial charge is 0.497 e. The molecule has 1 aliphatic rings. The maximum Gasteiger partial charge on any atom is 0.203 e. The molecule has 7 heteroatoms. The molecule has 28 heavy (non-hydrogen) atoms. The highest BCUT2D eigenvalue weighted by Crippen LogP contribution is 2.32. The highest BCUT2D eigenvalue weighted by atomic mass is 32.1. The van der Waals surface area contributed by atoms with E-state index in [9.17, 15) is 0 Å². The summed E-state index contributed by atoms with van der Waals surface area (Å²) in [4.78, 5) is 2.40. The lowest BCUT2D eigenvalue weighted by atomic mass is 10.1. The SMILES string of the molecule is COc1ccc(OC)c(CN(Cn2ncn(-c3ccccc3)c2=S)C2CC2)c1. The first-order chi connectivity index (χ1) is 13.7. The van der Waals surface area contributed by atoms with E-state index in [-0.39, 0.29) is 0 Å². The van der Waals surface area contributed by atoms with Gasteiger partial charge in [0.15, 0.2) is 0 Å². The molecule has 0 unspecified atom stereocenters. The van der Waals surface area contributed by atoms with Gasteiger partial charge in [0, 0.05) is 23.8 Å². The number of hydrogen-bond donors (Lipinski definition) is 0. The van der Waals surface area contributed by atoms with Gasteiger partial charge in [-0.05, 0) is 55.4 Å². The van der Waals surface area contributed by atoms with Crippen molar-refractivity contribution in [2.24, 2.45) is 0 Å². The summed E-state index contributed by atoms with van der Waals surface area (Å²) in [7, 11) is 3.38. The van der Waals surface area contributed by atoms with Gasteiger partial charge in [-0.15, -0.1) is 0 Å². The van der Waals surface area contributed by atoms with Crippen molar-refractivity contribution in [2.75, 3.05) is 14.2 Å². The molecule has 1 saturated carbocycles. The first-order valence-corrected chi connectivity index (χ1v) is 9.75. The lowest BCUT2D eigenvalue weighted by Gasteiger charge is -2.23. The van der Waals surface area contributed by atoms with Crippen LogP contribution >= 0.6 is 12.2 Å². The lowest BCUT2D eigenvalue weighted by Crippen LogP contribution is -2.29. The van der Waals surface area contributed by atoms with Crippen molar-refractivity contribution < 1.29 is 9.47 Å². The van der Waals surface area contributed by atoms with E-state index in [1.807, 2.05) is 57.8 Å². The Balaban J connectivity index is 1.58. The van der Waals surface area contributed by atoms with Crippen molar-refractivity contribution in [1.29, 1.82) is 0 Å². The predicted molar refractivity (Wildman–Crippen MR) is 110 cm³/mol. The summed E-state index contributed by atoms with van der Waals surface area (Å²) < 4.78 is 15.5. The minimum Gasteiger partial charge on any atom is -0.497 e. The third kappa shape index (κ3) is 3.95. The molecule has 3 aromatic rings. The fourth-order valence-electron chi connectivity index (χ4n) is 3.33. The Labute approximate surface area is 169 Å². The number of benzene rings is 2. The Kier molecular flexibility index (Phi) is 5.45. The molecule has 0 radical (unpaired) electrons. The van der Waals surface area contributed by atoms with Gasteiger partial charge in [-0.2, -0.15) is 5.10 Å². The number of rotatable bonds is 8. The Hall–Kier alpha value is -2.64. The molecule has 1 aromatic heterocycles. The van der Waals surface area contributed by atoms with E-state index in [1.165, 1.54) is 12.8 Å². The maximum absolute atomic E-state index is 5.68. The topological polar surface area (TPSA) is 44.5 Å². The number of ether oxygens (including phenoxy) is 2. The van der Waals surface area contributed by atoms with Crippen molar-refractivity contribution in [3.8, 4) is 17.2 Å². The van der Waals surface area contributed by atoms with Crippen LogP contribution in [0.4, 0.5) is 0 Å². The Bertz CT molecular complexity index is 995. The van der Waals surface area contributed by atoms with Crippen molar-refractivity contribution in [2.45, 2.75) is 32.1 Å². The van der Waals surface area contributed by atoms with Gasteiger partial charge in [0.25, 0.3) is 0 Å². The molecule has 146 valence electrons. The minimum absolute atomic E-state index is 0.541. The number of hydrogen-bond acceptors (Lipinski definition) is 5. The van der Waals surface area contributed by atoms with E-state index in [4.69, 9.17) is 21.7 Å². The van der Waals surface area contributed by atoms with E-state index in [0.29, 0.717) is 17.5 Å². The summed E-state index contributed by atoms with van der Waals surface area (Å²) in [6, 6.07) is 16.5. The van der Waals surface area contributed by atoms with Crippen LogP contribution in [0.2, 0.25) is 0 Å². The summed E-state index contributed by atoms with van der Waals surface area (Å²) in [6.07, 6.45) is 4.17. The van der Waals surface area contributed by atoms with Crippen LogP contribution in [-0.4, -0.2) is 39.5 Å². The Morgan fingerprint density at radius 1 is 1.11 bits per heavy atom. The van der Waals surface area contributed by atoms with Gasteiger partial charge in [-0.1, -0.05) is 18.2 Å². The van der Waals surface area contributed by atoms with Gasteiger partial charge in [0.2, 0.25) is 4.77 Å². The monoisotopic (exact) mass is 396 g/mol. The number of aromatic nitrogens is 3.